The molecule has 0 aliphatic carbocycles. The summed E-state index contributed by atoms with van der Waals surface area (Å²) in [5, 5.41) is 3.02. The van der Waals surface area contributed by atoms with E-state index in [0.717, 1.165) is 0 Å². The van der Waals surface area contributed by atoms with E-state index in [0.29, 0.717) is 25.1 Å². The molecule has 0 bridgehead atoms. The summed E-state index contributed by atoms with van der Waals surface area (Å²) in [7, 11) is 0. The van der Waals surface area contributed by atoms with E-state index in [9.17, 15) is 14.4 Å². The van der Waals surface area contributed by atoms with Gasteiger partial charge >= 0.3 is 6.03 Å². The molecular formula is C18H18ClN5O3. The van der Waals surface area contributed by atoms with Gasteiger partial charge in [0, 0.05) is 12.7 Å². The van der Waals surface area contributed by atoms with Gasteiger partial charge in [0.25, 0.3) is 5.91 Å². The highest BCUT2D eigenvalue weighted by Gasteiger charge is 2.34. The summed E-state index contributed by atoms with van der Waals surface area (Å²) >= 11 is 5.96. The van der Waals surface area contributed by atoms with Crippen LogP contribution in [0.15, 0.2) is 48.8 Å². The summed E-state index contributed by atoms with van der Waals surface area (Å²) in [6.45, 7) is 0.416. The molecule has 0 saturated carbocycles. The first-order chi connectivity index (χ1) is 13.1. The van der Waals surface area contributed by atoms with Crippen LogP contribution in [-0.2, 0) is 4.79 Å². The highest BCUT2D eigenvalue weighted by atomic mass is 35.5. The summed E-state index contributed by atoms with van der Waals surface area (Å²) < 4.78 is 0. The van der Waals surface area contributed by atoms with Gasteiger partial charge in [-0.25, -0.2) is 10.2 Å². The lowest BCUT2D eigenvalue weighted by Gasteiger charge is -2.24. The zero-order chi connectivity index (χ0) is 19.2. The number of carbonyl (C=O) groups is 3. The van der Waals surface area contributed by atoms with E-state index < -0.39 is 18.0 Å². The summed E-state index contributed by atoms with van der Waals surface area (Å²) in [6, 6.07) is 8.74. The fraction of sp³-hybridized carbons (Fsp3) is 0.222. The predicted molar refractivity (Wildman–Crippen MR) is 100 cm³/mol. The lowest BCUT2D eigenvalue weighted by atomic mass is 10.2. The largest absolute Gasteiger partial charge is 0.336 e. The van der Waals surface area contributed by atoms with Crippen LogP contribution in [0, 0.1) is 0 Å². The minimum Gasteiger partial charge on any atom is -0.323 e. The molecule has 140 valence electrons. The number of likely N-dealkylation sites (tertiary alicyclic amines) is 1. The molecule has 2 aromatic rings. The highest BCUT2D eigenvalue weighted by molar-refractivity contribution is 6.33. The molecule has 1 atom stereocenters. The second-order valence-electron chi connectivity index (χ2n) is 5.95. The normalized spacial score (nSPS) is 15.9. The van der Waals surface area contributed by atoms with Gasteiger partial charge in [0.1, 0.15) is 6.04 Å². The van der Waals surface area contributed by atoms with Crippen molar-refractivity contribution >= 4 is 35.1 Å². The van der Waals surface area contributed by atoms with Gasteiger partial charge in [-0.2, -0.15) is 0 Å². The Morgan fingerprint density at radius 1 is 1.11 bits per heavy atom. The van der Waals surface area contributed by atoms with Gasteiger partial charge in [-0.05, 0) is 37.1 Å². The van der Waals surface area contributed by atoms with Crippen LogP contribution in [0.5, 0.6) is 0 Å². The van der Waals surface area contributed by atoms with Crippen molar-refractivity contribution in [1.82, 2.24) is 20.7 Å². The third-order valence-corrected chi connectivity index (χ3v) is 4.48. The molecule has 27 heavy (non-hydrogen) atoms. The Hall–Kier alpha value is -3.13. The van der Waals surface area contributed by atoms with E-state index >= 15 is 0 Å². The number of carbonyl (C=O) groups excluding carboxylic acids is 3. The van der Waals surface area contributed by atoms with Gasteiger partial charge in [0.05, 0.1) is 22.5 Å². The molecule has 0 unspecified atom stereocenters. The molecule has 8 nitrogen and oxygen atoms in total. The Morgan fingerprint density at radius 2 is 1.93 bits per heavy atom. The van der Waals surface area contributed by atoms with Crippen molar-refractivity contribution in [3.05, 3.63) is 59.4 Å². The monoisotopic (exact) mass is 387 g/mol. The summed E-state index contributed by atoms with van der Waals surface area (Å²) in [5.41, 5.74) is 5.45. The van der Waals surface area contributed by atoms with Crippen LogP contribution in [0.4, 0.5) is 10.5 Å². The highest BCUT2D eigenvalue weighted by Crippen LogP contribution is 2.19. The van der Waals surface area contributed by atoms with Gasteiger partial charge < -0.3 is 10.2 Å². The smallest absolute Gasteiger partial charge is 0.323 e. The summed E-state index contributed by atoms with van der Waals surface area (Å²) in [6.07, 6.45) is 4.36. The number of nitrogens with one attached hydrogen (secondary N) is 3. The third-order valence-electron chi connectivity index (χ3n) is 4.15. The van der Waals surface area contributed by atoms with Crippen molar-refractivity contribution in [3.63, 3.8) is 0 Å². The van der Waals surface area contributed by atoms with Crippen LogP contribution in [0.25, 0.3) is 0 Å². The Labute approximate surface area is 160 Å². The number of anilines is 1. The van der Waals surface area contributed by atoms with Crippen molar-refractivity contribution in [2.45, 2.75) is 18.9 Å². The van der Waals surface area contributed by atoms with E-state index in [1.165, 1.54) is 11.1 Å². The molecule has 0 spiro atoms. The second-order valence-corrected chi connectivity index (χ2v) is 6.35. The molecular weight excluding hydrogens is 370 g/mol. The van der Waals surface area contributed by atoms with E-state index in [2.05, 4.69) is 21.2 Å². The van der Waals surface area contributed by atoms with Gasteiger partial charge in [-0.1, -0.05) is 23.7 Å². The molecule has 1 fully saturated rings. The van der Waals surface area contributed by atoms with Crippen molar-refractivity contribution in [2.24, 2.45) is 0 Å². The molecule has 1 saturated heterocycles. The number of urea groups is 1. The zero-order valence-electron chi connectivity index (χ0n) is 14.3. The number of benzene rings is 1. The number of hydrogen-bond acceptors (Lipinski definition) is 4. The fourth-order valence-corrected chi connectivity index (χ4v) is 3.06. The molecule has 1 aliphatic heterocycles. The Morgan fingerprint density at radius 3 is 2.67 bits per heavy atom. The van der Waals surface area contributed by atoms with Crippen molar-refractivity contribution < 1.29 is 14.4 Å². The van der Waals surface area contributed by atoms with Gasteiger partial charge in [-0.15, -0.1) is 0 Å². The molecule has 2 heterocycles. The summed E-state index contributed by atoms with van der Waals surface area (Å²) in [4.78, 5) is 42.3. The van der Waals surface area contributed by atoms with Crippen LogP contribution in [0.1, 0.15) is 23.2 Å². The zero-order valence-corrected chi connectivity index (χ0v) is 15.1. The van der Waals surface area contributed by atoms with E-state index in [1.54, 1.807) is 42.6 Å². The molecule has 1 aliphatic rings. The van der Waals surface area contributed by atoms with E-state index in [1.807, 2.05) is 0 Å². The Balaban J connectivity index is 1.58. The average molecular weight is 388 g/mol. The predicted octanol–water partition coefficient (Wildman–Crippen LogP) is 2.19. The standard InChI is InChI=1S/C18H18ClN5O3/c19-14-7-2-1-6-13(14)16(25)22-23-18(27)24-10-4-8-15(24)17(26)21-12-5-3-9-20-11-12/h1-3,5-7,9,11,15H,4,8,10H2,(H,21,26)(H,22,25)(H,23,27)/t15-/m0/s1. The lowest BCUT2D eigenvalue weighted by Crippen LogP contribution is -2.52. The number of amides is 4. The van der Waals surface area contributed by atoms with Gasteiger partial charge in [0.2, 0.25) is 5.91 Å². The molecule has 3 N–H and O–H groups in total. The molecule has 9 heteroatoms. The second kappa shape index (κ2) is 8.50. The van der Waals surface area contributed by atoms with Crippen LogP contribution < -0.4 is 16.2 Å². The number of halogens is 1. The minimum atomic E-state index is -0.623. The van der Waals surface area contributed by atoms with Crippen LogP contribution >= 0.6 is 11.6 Å². The first-order valence-electron chi connectivity index (χ1n) is 8.38. The SMILES string of the molecule is O=C(NNC(=O)N1CCC[C@H]1C(=O)Nc1cccnc1)c1ccccc1Cl. The number of aromatic nitrogens is 1. The number of pyridine rings is 1. The van der Waals surface area contributed by atoms with Crippen molar-refractivity contribution in [3.8, 4) is 0 Å². The first-order valence-corrected chi connectivity index (χ1v) is 8.76. The molecule has 1 aromatic heterocycles. The number of hydrogen-bond donors (Lipinski definition) is 3. The van der Waals surface area contributed by atoms with Gasteiger partial charge in [-0.3, -0.25) is 20.0 Å². The lowest BCUT2D eigenvalue weighted by molar-refractivity contribution is -0.119. The number of rotatable bonds is 3. The van der Waals surface area contributed by atoms with Crippen LogP contribution in [0.2, 0.25) is 5.02 Å². The van der Waals surface area contributed by atoms with Crippen molar-refractivity contribution in [2.75, 3.05) is 11.9 Å². The van der Waals surface area contributed by atoms with Gasteiger partial charge in [0.15, 0.2) is 0 Å². The minimum absolute atomic E-state index is 0.242. The molecule has 4 amide bonds. The summed E-state index contributed by atoms with van der Waals surface area (Å²) in [5.74, 6) is -0.836. The molecule has 1 aromatic carbocycles. The molecule has 3 rings (SSSR count). The van der Waals surface area contributed by atoms with Crippen LogP contribution in [-0.4, -0.2) is 40.3 Å². The van der Waals surface area contributed by atoms with E-state index in [4.69, 9.17) is 11.6 Å². The Kier molecular flexibility index (Phi) is 5.87. The molecule has 0 radical (unpaired) electrons. The quantitative estimate of drug-likeness (QED) is 0.702. The maximum absolute atomic E-state index is 12.5. The topological polar surface area (TPSA) is 103 Å². The van der Waals surface area contributed by atoms with E-state index in [-0.39, 0.29) is 16.5 Å². The average Bonchev–Trinajstić information content (AvgIpc) is 3.17. The number of nitrogens with zero attached hydrogens (tertiary/aromatic N) is 2. The maximum Gasteiger partial charge on any atom is 0.336 e. The Bertz CT molecular complexity index is 846. The fourth-order valence-electron chi connectivity index (χ4n) is 2.84. The number of hydrazine groups is 1. The first kappa shape index (κ1) is 18.7. The maximum atomic E-state index is 12.5. The van der Waals surface area contributed by atoms with Crippen LogP contribution in [0.3, 0.4) is 0 Å². The third kappa shape index (κ3) is 4.53. The van der Waals surface area contributed by atoms with Crippen molar-refractivity contribution in [1.29, 1.82) is 0 Å².